The molecule has 4 aromatic carbocycles. The molecule has 0 amide bonds. The van der Waals surface area contributed by atoms with Crippen molar-refractivity contribution in [3.05, 3.63) is 84.2 Å². The van der Waals surface area contributed by atoms with E-state index in [4.69, 9.17) is 4.84 Å². The second-order valence-corrected chi connectivity index (χ2v) is 7.70. The molecule has 0 bridgehead atoms. The van der Waals surface area contributed by atoms with Crippen LogP contribution in [0.5, 0.6) is 0 Å². The molecule has 0 radical (unpaired) electrons. The molecule has 1 heterocycles. The number of hydrogen-bond acceptors (Lipinski definition) is 5. The average Bonchev–Trinajstić information content (AvgIpc) is 3.20. The second kappa shape index (κ2) is 8.16. The van der Waals surface area contributed by atoms with Crippen molar-refractivity contribution in [1.29, 1.82) is 0 Å². The van der Waals surface area contributed by atoms with Crippen LogP contribution in [0.15, 0.2) is 84.0 Å². The maximum Gasteiger partial charge on any atom is 0.129 e. The molecule has 6 nitrogen and oxygen atoms in total. The number of para-hydroxylation sites is 1. The van der Waals surface area contributed by atoms with E-state index in [2.05, 4.69) is 44.6 Å². The van der Waals surface area contributed by atoms with E-state index in [-0.39, 0.29) is 0 Å². The molecular formula is C25H23N5O. The third kappa shape index (κ3) is 3.51. The van der Waals surface area contributed by atoms with Crippen LogP contribution in [0.1, 0.15) is 0 Å². The SMILES string of the molecule is CN(C)CCO/N=c1/c2ccccc2c2nnn(-c3ccccc3)c2c2ccccc12. The number of aromatic nitrogens is 3. The van der Waals surface area contributed by atoms with Crippen molar-refractivity contribution in [2.75, 3.05) is 27.2 Å². The Labute approximate surface area is 180 Å². The van der Waals surface area contributed by atoms with Gasteiger partial charge in [0, 0.05) is 28.1 Å². The first-order valence-corrected chi connectivity index (χ1v) is 10.3. The fraction of sp³-hybridized carbons (Fsp3) is 0.160. The molecule has 0 spiro atoms. The molecule has 0 atom stereocenters. The Morgan fingerprint density at radius 3 is 2.13 bits per heavy atom. The smallest absolute Gasteiger partial charge is 0.129 e. The van der Waals surface area contributed by atoms with Crippen molar-refractivity contribution < 1.29 is 4.84 Å². The Morgan fingerprint density at radius 2 is 1.42 bits per heavy atom. The Hall–Kier alpha value is -3.77. The van der Waals surface area contributed by atoms with Crippen molar-refractivity contribution in [2.24, 2.45) is 5.16 Å². The Balaban J connectivity index is 1.90. The van der Waals surface area contributed by atoms with Crippen LogP contribution in [0.3, 0.4) is 0 Å². The summed E-state index contributed by atoms with van der Waals surface area (Å²) in [6.07, 6.45) is 0. The lowest BCUT2D eigenvalue weighted by molar-refractivity contribution is 0.117. The molecule has 154 valence electrons. The molecule has 0 aliphatic carbocycles. The lowest BCUT2D eigenvalue weighted by Gasteiger charge is -2.07. The number of fused-ring (bicyclic) bond motifs is 5. The lowest BCUT2D eigenvalue weighted by Crippen LogP contribution is -2.17. The summed E-state index contributed by atoms with van der Waals surface area (Å²) in [6.45, 7) is 1.31. The lowest BCUT2D eigenvalue weighted by atomic mass is 10.1. The molecule has 1 aromatic heterocycles. The van der Waals surface area contributed by atoms with E-state index in [0.29, 0.717) is 6.61 Å². The van der Waals surface area contributed by atoms with Gasteiger partial charge in [0.15, 0.2) is 0 Å². The molecule has 0 unspecified atom stereocenters. The van der Waals surface area contributed by atoms with Crippen molar-refractivity contribution in [3.63, 3.8) is 0 Å². The van der Waals surface area contributed by atoms with E-state index in [0.717, 1.165) is 50.2 Å². The average molecular weight is 409 g/mol. The van der Waals surface area contributed by atoms with E-state index in [9.17, 15) is 0 Å². The Morgan fingerprint density at radius 1 is 0.806 bits per heavy atom. The number of nitrogens with zero attached hydrogens (tertiary/aromatic N) is 5. The second-order valence-electron chi connectivity index (χ2n) is 7.70. The predicted octanol–water partition coefficient (Wildman–Crippen LogP) is 4.12. The molecule has 0 aliphatic rings. The van der Waals surface area contributed by atoms with Gasteiger partial charge in [0.2, 0.25) is 0 Å². The van der Waals surface area contributed by atoms with Gasteiger partial charge >= 0.3 is 0 Å². The number of benzene rings is 3. The fourth-order valence-electron chi connectivity index (χ4n) is 3.82. The van der Waals surface area contributed by atoms with E-state index >= 15 is 0 Å². The van der Waals surface area contributed by atoms with Crippen LogP contribution in [-0.2, 0) is 4.84 Å². The molecule has 5 aromatic rings. The van der Waals surface area contributed by atoms with Crippen molar-refractivity contribution in [3.8, 4) is 5.69 Å². The first kappa shape index (κ1) is 19.2. The zero-order chi connectivity index (χ0) is 21.2. The molecule has 5 rings (SSSR count). The fourth-order valence-corrected chi connectivity index (χ4v) is 3.82. The maximum atomic E-state index is 5.75. The third-order valence-corrected chi connectivity index (χ3v) is 5.33. The zero-order valence-electron chi connectivity index (χ0n) is 17.6. The van der Waals surface area contributed by atoms with Crippen LogP contribution in [0.25, 0.3) is 38.3 Å². The van der Waals surface area contributed by atoms with Crippen LogP contribution in [0.4, 0.5) is 0 Å². The van der Waals surface area contributed by atoms with Gasteiger partial charge in [0.1, 0.15) is 23.0 Å². The van der Waals surface area contributed by atoms with Gasteiger partial charge in [-0.3, -0.25) is 0 Å². The van der Waals surface area contributed by atoms with Gasteiger partial charge in [-0.15, -0.1) is 5.10 Å². The molecule has 0 fully saturated rings. The predicted molar refractivity (Wildman–Crippen MR) is 124 cm³/mol. The van der Waals surface area contributed by atoms with Crippen molar-refractivity contribution in [1.82, 2.24) is 19.9 Å². The summed E-state index contributed by atoms with van der Waals surface area (Å²) in [4.78, 5) is 7.82. The highest BCUT2D eigenvalue weighted by atomic mass is 16.6. The van der Waals surface area contributed by atoms with E-state index in [1.807, 2.05) is 73.4 Å². The Bertz CT molecular complexity index is 1440. The van der Waals surface area contributed by atoms with Crippen LogP contribution in [0, 0.1) is 0 Å². The van der Waals surface area contributed by atoms with Crippen LogP contribution in [0.2, 0.25) is 0 Å². The van der Waals surface area contributed by atoms with E-state index in [1.54, 1.807) is 0 Å². The summed E-state index contributed by atoms with van der Waals surface area (Å²) in [5, 5.41) is 18.5. The van der Waals surface area contributed by atoms with Gasteiger partial charge < -0.3 is 9.74 Å². The van der Waals surface area contributed by atoms with Gasteiger partial charge in [-0.1, -0.05) is 77.1 Å². The summed E-state index contributed by atoms with van der Waals surface area (Å²) in [5.74, 6) is 0. The maximum absolute atomic E-state index is 5.75. The van der Waals surface area contributed by atoms with Gasteiger partial charge in [-0.25, -0.2) is 4.68 Å². The van der Waals surface area contributed by atoms with E-state index < -0.39 is 0 Å². The molecular weight excluding hydrogens is 386 g/mol. The molecule has 6 heteroatoms. The number of hydrogen-bond donors (Lipinski definition) is 0. The first-order valence-electron chi connectivity index (χ1n) is 10.3. The zero-order valence-corrected chi connectivity index (χ0v) is 17.6. The quantitative estimate of drug-likeness (QED) is 0.324. The minimum absolute atomic E-state index is 0.518. The molecule has 0 saturated heterocycles. The van der Waals surface area contributed by atoms with Gasteiger partial charge in [-0.05, 0) is 26.2 Å². The monoisotopic (exact) mass is 409 g/mol. The molecule has 0 N–H and O–H groups in total. The third-order valence-electron chi connectivity index (χ3n) is 5.33. The summed E-state index contributed by atoms with van der Waals surface area (Å²) < 4.78 is 1.90. The van der Waals surface area contributed by atoms with Gasteiger partial charge in [-0.2, -0.15) is 0 Å². The molecule has 31 heavy (non-hydrogen) atoms. The summed E-state index contributed by atoms with van der Waals surface area (Å²) in [6, 6.07) is 26.5. The minimum Gasteiger partial charge on any atom is -0.394 e. The first-order chi connectivity index (χ1) is 15.2. The normalized spacial score (nSPS) is 12.3. The van der Waals surface area contributed by atoms with Crippen LogP contribution >= 0.6 is 0 Å². The van der Waals surface area contributed by atoms with Crippen LogP contribution < -0.4 is 5.36 Å². The standard InChI is InChI=1S/C25H23N5O/c1-29(2)16-17-31-27-23-19-12-6-7-13-20(19)24-25(22-15-9-8-14-21(22)23)30(28-26-24)18-10-4-3-5-11-18/h3-15H,16-17H2,1-2H3/b27-23-. The highest BCUT2D eigenvalue weighted by Crippen LogP contribution is 2.28. The van der Waals surface area contributed by atoms with Gasteiger partial charge in [0.25, 0.3) is 0 Å². The van der Waals surface area contributed by atoms with Crippen molar-refractivity contribution >= 4 is 32.6 Å². The summed E-state index contributed by atoms with van der Waals surface area (Å²) in [7, 11) is 4.04. The van der Waals surface area contributed by atoms with Crippen LogP contribution in [-0.4, -0.2) is 47.1 Å². The minimum atomic E-state index is 0.518. The van der Waals surface area contributed by atoms with Crippen molar-refractivity contribution in [2.45, 2.75) is 0 Å². The number of likely N-dealkylation sites (N-methyl/N-ethyl adjacent to an activating group) is 1. The highest BCUT2D eigenvalue weighted by molar-refractivity contribution is 6.14. The summed E-state index contributed by atoms with van der Waals surface area (Å²) in [5.41, 5.74) is 2.75. The number of rotatable bonds is 5. The van der Waals surface area contributed by atoms with E-state index in [1.165, 1.54) is 0 Å². The molecule has 0 saturated carbocycles. The Kier molecular flexibility index (Phi) is 5.06. The summed E-state index contributed by atoms with van der Waals surface area (Å²) >= 11 is 0. The van der Waals surface area contributed by atoms with Gasteiger partial charge in [0.05, 0.1) is 5.69 Å². The highest BCUT2D eigenvalue weighted by Gasteiger charge is 2.15. The topological polar surface area (TPSA) is 55.5 Å². The largest absolute Gasteiger partial charge is 0.394 e. The molecule has 0 aliphatic heterocycles.